The van der Waals surface area contributed by atoms with E-state index in [1.165, 1.54) is 11.8 Å². The van der Waals surface area contributed by atoms with Gasteiger partial charge in [0, 0.05) is 12.2 Å². The number of nitrogens with zero attached hydrogens (tertiary/aromatic N) is 1. The van der Waals surface area contributed by atoms with Crippen LogP contribution in [-0.4, -0.2) is 24.4 Å². The normalized spacial score (nSPS) is 14.7. The summed E-state index contributed by atoms with van der Waals surface area (Å²) in [5, 5.41) is 2.80. The summed E-state index contributed by atoms with van der Waals surface area (Å²) in [6.45, 7) is 4.50. The lowest BCUT2D eigenvalue weighted by Crippen LogP contribution is -2.51. The zero-order chi connectivity index (χ0) is 16.4. The van der Waals surface area contributed by atoms with Crippen molar-refractivity contribution in [1.29, 1.82) is 0 Å². The maximum atomic E-state index is 12.9. The molecular formula is C18H20N2O3. The van der Waals surface area contributed by atoms with Gasteiger partial charge >= 0.3 is 0 Å². The van der Waals surface area contributed by atoms with Gasteiger partial charge in [-0.15, -0.1) is 0 Å². The number of rotatable bonds is 4. The number of anilines is 1. The second-order valence-electron chi connectivity index (χ2n) is 6.04. The molecule has 2 amide bonds. The number of fused-ring (bicyclic) bond motifs is 1. The third-order valence-electron chi connectivity index (χ3n) is 4.12. The van der Waals surface area contributed by atoms with E-state index in [9.17, 15) is 9.59 Å². The van der Waals surface area contributed by atoms with Crippen LogP contribution >= 0.6 is 0 Å². The molecule has 0 saturated heterocycles. The van der Waals surface area contributed by atoms with Gasteiger partial charge in [-0.1, -0.05) is 32.0 Å². The minimum absolute atomic E-state index is 0.0193. The highest BCUT2D eigenvalue weighted by Crippen LogP contribution is 2.28. The third kappa shape index (κ3) is 2.99. The van der Waals surface area contributed by atoms with Crippen LogP contribution in [0.2, 0.25) is 0 Å². The molecule has 0 bridgehead atoms. The summed E-state index contributed by atoms with van der Waals surface area (Å²) in [5.74, 6) is -0.251. The number of hydrogen-bond donors (Lipinski definition) is 1. The van der Waals surface area contributed by atoms with E-state index in [1.807, 2.05) is 38.1 Å². The van der Waals surface area contributed by atoms with Crippen LogP contribution in [0.5, 0.6) is 0 Å². The summed E-state index contributed by atoms with van der Waals surface area (Å²) in [6.07, 6.45) is 2.29. The Kier molecular flexibility index (Phi) is 4.19. The van der Waals surface area contributed by atoms with Gasteiger partial charge in [-0.3, -0.25) is 9.59 Å². The smallest absolute Gasteiger partial charge is 0.287 e. The maximum Gasteiger partial charge on any atom is 0.287 e. The van der Waals surface area contributed by atoms with E-state index in [2.05, 4.69) is 5.32 Å². The average molecular weight is 312 g/mol. The number of benzene rings is 1. The number of hydrogen-bond acceptors (Lipinski definition) is 3. The van der Waals surface area contributed by atoms with Gasteiger partial charge in [-0.05, 0) is 36.1 Å². The Labute approximate surface area is 135 Å². The summed E-state index contributed by atoms with van der Waals surface area (Å²) in [4.78, 5) is 26.9. The van der Waals surface area contributed by atoms with Gasteiger partial charge in [-0.25, -0.2) is 0 Å². The van der Waals surface area contributed by atoms with Crippen LogP contribution in [0, 0.1) is 5.92 Å². The molecular weight excluding hydrogens is 292 g/mol. The molecule has 0 spiro atoms. The van der Waals surface area contributed by atoms with Gasteiger partial charge in [0.2, 0.25) is 5.91 Å². The topological polar surface area (TPSA) is 62.6 Å². The minimum Gasteiger partial charge on any atom is -0.459 e. The van der Waals surface area contributed by atoms with Crippen LogP contribution in [0.4, 0.5) is 5.69 Å². The Morgan fingerprint density at radius 1 is 1.17 bits per heavy atom. The fraction of sp³-hybridized carbons (Fsp3) is 0.333. The van der Waals surface area contributed by atoms with E-state index in [0.29, 0.717) is 6.54 Å². The Morgan fingerprint density at radius 3 is 2.65 bits per heavy atom. The van der Waals surface area contributed by atoms with Crippen LogP contribution in [0.15, 0.2) is 47.1 Å². The van der Waals surface area contributed by atoms with Crippen LogP contribution in [0.25, 0.3) is 0 Å². The second-order valence-corrected chi connectivity index (χ2v) is 6.04. The van der Waals surface area contributed by atoms with Crippen molar-refractivity contribution in [2.24, 2.45) is 5.92 Å². The fourth-order valence-corrected chi connectivity index (χ4v) is 2.87. The van der Waals surface area contributed by atoms with Gasteiger partial charge in [0.05, 0.1) is 6.26 Å². The molecule has 0 aliphatic carbocycles. The first-order valence-corrected chi connectivity index (χ1v) is 7.81. The Hall–Kier alpha value is -2.56. The average Bonchev–Trinajstić information content (AvgIpc) is 3.20. The Morgan fingerprint density at radius 2 is 1.96 bits per heavy atom. The molecule has 2 aromatic rings. The molecule has 0 radical (unpaired) electrons. The third-order valence-corrected chi connectivity index (χ3v) is 4.12. The predicted molar refractivity (Wildman–Crippen MR) is 87.3 cm³/mol. The van der Waals surface area contributed by atoms with Crippen molar-refractivity contribution in [3.8, 4) is 0 Å². The maximum absolute atomic E-state index is 12.9. The van der Waals surface area contributed by atoms with Crippen molar-refractivity contribution in [3.63, 3.8) is 0 Å². The van der Waals surface area contributed by atoms with Crippen molar-refractivity contribution < 1.29 is 14.0 Å². The predicted octanol–water partition coefficient (Wildman–Crippen LogP) is 2.62. The molecule has 23 heavy (non-hydrogen) atoms. The van der Waals surface area contributed by atoms with Crippen molar-refractivity contribution in [2.75, 3.05) is 11.4 Å². The summed E-state index contributed by atoms with van der Waals surface area (Å²) in [7, 11) is 0. The molecule has 1 aromatic carbocycles. The molecule has 5 heteroatoms. The molecule has 2 heterocycles. The minimum atomic E-state index is -0.584. The summed E-state index contributed by atoms with van der Waals surface area (Å²) in [6, 6.07) is 10.5. The van der Waals surface area contributed by atoms with E-state index in [1.54, 1.807) is 17.0 Å². The lowest BCUT2D eigenvalue weighted by molar-refractivity contribution is -0.121. The van der Waals surface area contributed by atoms with E-state index in [4.69, 9.17) is 4.42 Å². The lowest BCUT2D eigenvalue weighted by atomic mass is 10.0. The van der Waals surface area contributed by atoms with Gasteiger partial charge in [-0.2, -0.15) is 0 Å². The molecule has 1 N–H and O–H groups in total. The molecule has 3 rings (SSSR count). The lowest BCUT2D eigenvalue weighted by Gasteiger charge is -2.27. The van der Waals surface area contributed by atoms with Gasteiger partial charge in [0.1, 0.15) is 6.04 Å². The first-order chi connectivity index (χ1) is 11.1. The quantitative estimate of drug-likeness (QED) is 0.944. The first-order valence-electron chi connectivity index (χ1n) is 7.81. The SMILES string of the molecule is CC(C)[C@H](NC(=O)c1ccco1)C(=O)N1CCc2ccccc21. The molecule has 120 valence electrons. The van der Waals surface area contributed by atoms with E-state index in [0.717, 1.165) is 12.1 Å². The molecule has 0 unspecified atom stereocenters. The standard InChI is InChI=1S/C18H20N2O3/c1-12(2)16(19-17(21)15-8-5-11-23-15)18(22)20-10-9-13-6-3-4-7-14(13)20/h3-8,11-12,16H,9-10H2,1-2H3,(H,19,21)/t16-/m0/s1. The van der Waals surface area contributed by atoms with Gasteiger partial charge in [0.25, 0.3) is 5.91 Å². The monoisotopic (exact) mass is 312 g/mol. The van der Waals surface area contributed by atoms with Crippen molar-refractivity contribution in [1.82, 2.24) is 5.32 Å². The van der Waals surface area contributed by atoms with Crippen molar-refractivity contribution in [2.45, 2.75) is 26.3 Å². The Bertz CT molecular complexity index is 707. The molecule has 5 nitrogen and oxygen atoms in total. The zero-order valence-electron chi connectivity index (χ0n) is 13.3. The summed E-state index contributed by atoms with van der Waals surface area (Å²) in [5.41, 5.74) is 2.11. The largest absolute Gasteiger partial charge is 0.459 e. The second kappa shape index (κ2) is 6.28. The zero-order valence-corrected chi connectivity index (χ0v) is 13.3. The molecule has 1 aliphatic rings. The fourth-order valence-electron chi connectivity index (χ4n) is 2.87. The number of furan rings is 1. The molecule has 1 atom stereocenters. The summed E-state index contributed by atoms with van der Waals surface area (Å²) >= 11 is 0. The number of carbonyl (C=O) groups excluding carboxylic acids is 2. The highest BCUT2D eigenvalue weighted by molar-refractivity contribution is 6.02. The van der Waals surface area contributed by atoms with Gasteiger partial charge in [0.15, 0.2) is 5.76 Å². The number of carbonyl (C=O) groups is 2. The van der Waals surface area contributed by atoms with Crippen molar-refractivity contribution >= 4 is 17.5 Å². The van der Waals surface area contributed by atoms with E-state index in [-0.39, 0.29) is 23.5 Å². The number of nitrogens with one attached hydrogen (secondary N) is 1. The number of para-hydroxylation sites is 1. The highest BCUT2D eigenvalue weighted by Gasteiger charge is 2.33. The van der Waals surface area contributed by atoms with Crippen LogP contribution in [0.3, 0.4) is 0 Å². The molecule has 0 saturated carbocycles. The van der Waals surface area contributed by atoms with Gasteiger partial charge < -0.3 is 14.6 Å². The molecule has 0 fully saturated rings. The van der Waals surface area contributed by atoms with Crippen molar-refractivity contribution in [3.05, 3.63) is 54.0 Å². The van der Waals surface area contributed by atoms with Crippen LogP contribution in [-0.2, 0) is 11.2 Å². The highest BCUT2D eigenvalue weighted by atomic mass is 16.3. The molecule has 1 aromatic heterocycles. The van der Waals surface area contributed by atoms with Crippen LogP contribution in [0.1, 0.15) is 30.0 Å². The summed E-state index contributed by atoms with van der Waals surface area (Å²) < 4.78 is 5.10. The molecule has 1 aliphatic heterocycles. The van der Waals surface area contributed by atoms with E-state index >= 15 is 0 Å². The Balaban J connectivity index is 1.79. The number of amides is 2. The van der Waals surface area contributed by atoms with Crippen LogP contribution < -0.4 is 10.2 Å². The first kappa shape index (κ1) is 15.3. The van der Waals surface area contributed by atoms with E-state index < -0.39 is 6.04 Å².